The number of nitrogens with zero attached hydrogens (tertiary/aromatic N) is 3. The largest absolute Gasteiger partial charge is 0.474 e. The van der Waals surface area contributed by atoms with Crippen molar-refractivity contribution in [2.24, 2.45) is 0 Å². The maximum absolute atomic E-state index is 12.6. The summed E-state index contributed by atoms with van der Waals surface area (Å²) in [5.41, 5.74) is 0.0776. The molecule has 0 aromatic carbocycles. The lowest BCUT2D eigenvalue weighted by atomic mass is 9.93. The number of aromatic nitrogens is 1. The number of hydrogen-bond donors (Lipinski definition) is 0. The van der Waals surface area contributed by atoms with Crippen molar-refractivity contribution in [1.82, 2.24) is 9.88 Å². The molecule has 7 heteroatoms. The van der Waals surface area contributed by atoms with Crippen molar-refractivity contribution in [1.29, 1.82) is 5.26 Å². The first kappa shape index (κ1) is 21.9. The SMILES string of the molecule is CC(C)(C)OC(=O)N1[C@@H]2CC[C@H]1CC(OC1CCC(Oc3ccc(C#N)cn3)CC1)C2. The molecule has 0 radical (unpaired) electrons. The van der Waals surface area contributed by atoms with E-state index in [9.17, 15) is 4.79 Å². The number of nitriles is 1. The number of rotatable bonds is 4. The van der Waals surface area contributed by atoms with Crippen LogP contribution in [0.5, 0.6) is 5.88 Å². The van der Waals surface area contributed by atoms with E-state index in [1.807, 2.05) is 25.7 Å². The highest BCUT2D eigenvalue weighted by atomic mass is 16.6. The Morgan fingerprint density at radius 2 is 1.68 bits per heavy atom. The number of amides is 1. The summed E-state index contributed by atoms with van der Waals surface area (Å²) in [7, 11) is 0. The van der Waals surface area contributed by atoms with Gasteiger partial charge in [0.2, 0.25) is 5.88 Å². The van der Waals surface area contributed by atoms with Gasteiger partial charge < -0.3 is 19.1 Å². The second-order valence-electron chi connectivity index (χ2n) is 10.0. The van der Waals surface area contributed by atoms with Gasteiger partial charge in [-0.15, -0.1) is 0 Å². The van der Waals surface area contributed by atoms with Crippen molar-refractivity contribution in [3.63, 3.8) is 0 Å². The van der Waals surface area contributed by atoms with Crippen LogP contribution < -0.4 is 4.74 Å². The van der Waals surface area contributed by atoms with Gasteiger partial charge in [-0.2, -0.15) is 5.26 Å². The van der Waals surface area contributed by atoms with E-state index in [1.165, 1.54) is 0 Å². The summed E-state index contributed by atoms with van der Waals surface area (Å²) in [6.45, 7) is 5.75. The summed E-state index contributed by atoms with van der Waals surface area (Å²) in [5, 5.41) is 8.87. The van der Waals surface area contributed by atoms with E-state index in [4.69, 9.17) is 19.5 Å². The Labute approximate surface area is 184 Å². The predicted octanol–water partition coefficient (Wildman–Crippen LogP) is 4.59. The lowest BCUT2D eigenvalue weighted by molar-refractivity contribution is -0.0814. The van der Waals surface area contributed by atoms with Crippen LogP contribution in [-0.4, -0.2) is 52.0 Å². The summed E-state index contributed by atoms with van der Waals surface area (Å²) in [4.78, 5) is 18.8. The van der Waals surface area contributed by atoms with Crippen LogP contribution in [0.2, 0.25) is 0 Å². The second-order valence-corrected chi connectivity index (χ2v) is 10.0. The Hall–Kier alpha value is -2.33. The van der Waals surface area contributed by atoms with Crippen LogP contribution in [0, 0.1) is 11.3 Å². The molecular formula is C24H33N3O4. The molecular weight excluding hydrogens is 394 g/mol. The molecule has 0 spiro atoms. The maximum atomic E-state index is 12.6. The summed E-state index contributed by atoms with van der Waals surface area (Å²) in [5.74, 6) is 0.578. The molecule has 1 aromatic rings. The van der Waals surface area contributed by atoms with Crippen LogP contribution >= 0.6 is 0 Å². The summed E-state index contributed by atoms with van der Waals surface area (Å²) in [6.07, 6.45) is 9.72. The first-order chi connectivity index (χ1) is 14.8. The van der Waals surface area contributed by atoms with E-state index in [0.29, 0.717) is 11.4 Å². The van der Waals surface area contributed by atoms with Gasteiger partial charge in [-0.1, -0.05) is 0 Å². The Morgan fingerprint density at radius 1 is 1.03 bits per heavy atom. The highest BCUT2D eigenvalue weighted by Gasteiger charge is 2.45. The summed E-state index contributed by atoms with van der Waals surface area (Å²) < 4.78 is 18.1. The monoisotopic (exact) mass is 427 g/mol. The zero-order chi connectivity index (χ0) is 22.0. The fourth-order valence-electron chi connectivity index (χ4n) is 5.10. The first-order valence-electron chi connectivity index (χ1n) is 11.5. The molecule has 3 aliphatic rings. The van der Waals surface area contributed by atoms with Gasteiger partial charge in [0.25, 0.3) is 0 Å². The molecule has 1 saturated carbocycles. The Kier molecular flexibility index (Phi) is 6.38. The van der Waals surface area contributed by atoms with Gasteiger partial charge in [-0.05, 0) is 78.2 Å². The fraction of sp³-hybridized carbons (Fsp3) is 0.708. The van der Waals surface area contributed by atoms with Gasteiger partial charge in [-0.25, -0.2) is 9.78 Å². The van der Waals surface area contributed by atoms with Gasteiger partial charge in [-0.3, -0.25) is 0 Å². The highest BCUT2D eigenvalue weighted by molar-refractivity contribution is 5.69. The Morgan fingerprint density at radius 3 is 2.23 bits per heavy atom. The van der Waals surface area contributed by atoms with E-state index in [1.54, 1.807) is 18.3 Å². The number of piperidine rings is 1. The molecule has 3 heterocycles. The summed E-state index contributed by atoms with van der Waals surface area (Å²) >= 11 is 0. The second kappa shape index (κ2) is 9.04. The predicted molar refractivity (Wildman–Crippen MR) is 115 cm³/mol. The van der Waals surface area contributed by atoms with Gasteiger partial charge in [0.1, 0.15) is 17.8 Å². The van der Waals surface area contributed by atoms with Gasteiger partial charge in [0.15, 0.2) is 0 Å². The van der Waals surface area contributed by atoms with Gasteiger partial charge in [0.05, 0.1) is 17.8 Å². The Bertz CT molecular complexity index is 792. The smallest absolute Gasteiger partial charge is 0.410 e. The molecule has 1 unspecified atom stereocenters. The highest BCUT2D eigenvalue weighted by Crippen LogP contribution is 2.39. The molecule has 31 heavy (non-hydrogen) atoms. The number of carbonyl (C=O) groups is 1. The number of pyridine rings is 1. The van der Waals surface area contributed by atoms with Crippen LogP contribution in [0.4, 0.5) is 4.79 Å². The number of hydrogen-bond acceptors (Lipinski definition) is 6. The van der Waals surface area contributed by atoms with Crippen LogP contribution in [0.3, 0.4) is 0 Å². The zero-order valence-corrected chi connectivity index (χ0v) is 18.8. The van der Waals surface area contributed by atoms with Crippen LogP contribution in [0.1, 0.15) is 77.7 Å². The normalized spacial score (nSPS) is 30.5. The minimum absolute atomic E-state index is 0.144. The molecule has 0 N–H and O–H groups in total. The fourth-order valence-corrected chi connectivity index (χ4v) is 5.10. The molecule has 1 amide bonds. The average Bonchev–Trinajstić information content (AvgIpc) is 3.00. The summed E-state index contributed by atoms with van der Waals surface area (Å²) in [6, 6.07) is 6.03. The van der Waals surface area contributed by atoms with E-state index >= 15 is 0 Å². The van der Waals surface area contributed by atoms with Crippen molar-refractivity contribution in [2.45, 2.75) is 108 Å². The van der Waals surface area contributed by atoms with Gasteiger partial charge in [0, 0.05) is 24.3 Å². The van der Waals surface area contributed by atoms with Crippen molar-refractivity contribution in [3.05, 3.63) is 23.9 Å². The quantitative estimate of drug-likeness (QED) is 0.699. The number of carbonyl (C=O) groups excluding carboxylic acids is 1. The number of fused-ring (bicyclic) bond motifs is 2. The lowest BCUT2D eigenvalue weighted by Gasteiger charge is -2.41. The third-order valence-corrected chi connectivity index (χ3v) is 6.45. The third kappa shape index (κ3) is 5.48. The van der Waals surface area contributed by atoms with Crippen molar-refractivity contribution >= 4 is 6.09 Å². The molecule has 168 valence electrons. The minimum Gasteiger partial charge on any atom is -0.474 e. The minimum atomic E-state index is -0.460. The van der Waals surface area contributed by atoms with Crippen LogP contribution in [0.25, 0.3) is 0 Å². The van der Waals surface area contributed by atoms with Crippen molar-refractivity contribution in [3.8, 4) is 11.9 Å². The van der Waals surface area contributed by atoms with E-state index in [0.717, 1.165) is 51.4 Å². The standard InChI is InChI=1S/C24H33N3O4/c1-24(2,3)31-23(28)27-17-5-6-18(27)13-21(12-17)29-19-7-9-20(10-8-19)30-22-11-4-16(14-25)15-26-22/h4,11,15,17-21H,5-10,12-13H2,1-3H3/t17-,18+,19?,20?,21?. The van der Waals surface area contributed by atoms with Crippen molar-refractivity contribution < 1.29 is 19.0 Å². The lowest BCUT2D eigenvalue weighted by Crippen LogP contribution is -2.50. The Balaban J connectivity index is 1.23. The molecule has 2 saturated heterocycles. The average molecular weight is 428 g/mol. The number of ether oxygens (including phenoxy) is 3. The molecule has 7 nitrogen and oxygen atoms in total. The third-order valence-electron chi connectivity index (χ3n) is 6.45. The molecule has 2 aliphatic heterocycles. The molecule has 3 fully saturated rings. The molecule has 4 rings (SSSR count). The first-order valence-corrected chi connectivity index (χ1v) is 11.5. The van der Waals surface area contributed by atoms with Gasteiger partial charge >= 0.3 is 6.09 Å². The molecule has 1 aliphatic carbocycles. The molecule has 1 aromatic heterocycles. The zero-order valence-electron chi connectivity index (χ0n) is 18.8. The van der Waals surface area contributed by atoms with Crippen LogP contribution in [-0.2, 0) is 9.47 Å². The van der Waals surface area contributed by atoms with E-state index in [-0.39, 0.29) is 36.5 Å². The molecule has 2 bridgehead atoms. The van der Waals surface area contributed by atoms with E-state index < -0.39 is 5.60 Å². The topological polar surface area (TPSA) is 84.7 Å². The van der Waals surface area contributed by atoms with Crippen molar-refractivity contribution in [2.75, 3.05) is 0 Å². The maximum Gasteiger partial charge on any atom is 0.410 e. The van der Waals surface area contributed by atoms with E-state index in [2.05, 4.69) is 11.1 Å². The molecule has 3 atom stereocenters. The van der Waals surface area contributed by atoms with Crippen LogP contribution in [0.15, 0.2) is 18.3 Å².